The van der Waals surface area contributed by atoms with Crippen molar-refractivity contribution in [3.05, 3.63) is 25.3 Å². The molecule has 0 aromatic heterocycles. The van der Waals surface area contributed by atoms with Gasteiger partial charge in [0, 0.05) is 25.9 Å². The van der Waals surface area contributed by atoms with Gasteiger partial charge in [0.1, 0.15) is 23.5 Å². The van der Waals surface area contributed by atoms with Crippen LogP contribution in [0.5, 0.6) is 0 Å². The highest BCUT2D eigenvalue weighted by atomic mass is 16.6. The van der Waals surface area contributed by atoms with E-state index in [2.05, 4.69) is 29.1 Å². The van der Waals surface area contributed by atoms with Gasteiger partial charge in [-0.2, -0.15) is 0 Å². The van der Waals surface area contributed by atoms with Crippen LogP contribution in [0.25, 0.3) is 0 Å². The maximum Gasteiger partial charge on any atom is 0.408 e. The summed E-state index contributed by atoms with van der Waals surface area (Å²) in [5.74, 6) is -2.83. The summed E-state index contributed by atoms with van der Waals surface area (Å²) in [5.41, 5.74) is -0.987. The van der Waals surface area contributed by atoms with Crippen LogP contribution in [0.15, 0.2) is 25.3 Å². The molecule has 3 N–H and O–H groups in total. The molecule has 1 heterocycles. The number of piperidine rings is 1. The minimum atomic E-state index is -1.10. The van der Waals surface area contributed by atoms with Crippen molar-refractivity contribution in [2.24, 2.45) is 23.2 Å². The summed E-state index contributed by atoms with van der Waals surface area (Å²) in [6.45, 7) is 16.9. The van der Waals surface area contributed by atoms with Crippen LogP contribution in [0.1, 0.15) is 73.1 Å². The average Bonchev–Trinajstić information content (AvgIpc) is 3.23. The molecule has 3 rings (SSSR count). The van der Waals surface area contributed by atoms with E-state index in [-0.39, 0.29) is 41.9 Å². The van der Waals surface area contributed by atoms with Crippen molar-refractivity contribution in [2.75, 3.05) is 13.1 Å². The van der Waals surface area contributed by atoms with Crippen molar-refractivity contribution in [3.63, 3.8) is 0 Å². The Hall–Kier alpha value is -3.50. The van der Waals surface area contributed by atoms with Crippen LogP contribution < -0.4 is 16.0 Å². The largest absolute Gasteiger partial charge is 0.444 e. The number of likely N-dealkylation sites (tertiary alicyclic amines) is 1. The number of Topliss-reactive ketones (excluding diaryl/α,β-unsaturated/α-hetero) is 2. The van der Waals surface area contributed by atoms with E-state index >= 15 is 0 Å². The Morgan fingerprint density at radius 3 is 2.29 bits per heavy atom. The fourth-order valence-electron chi connectivity index (χ4n) is 6.32. The van der Waals surface area contributed by atoms with Gasteiger partial charge in [-0.15, -0.1) is 13.2 Å². The highest BCUT2D eigenvalue weighted by molar-refractivity contribution is 6.38. The molecule has 0 aromatic rings. The van der Waals surface area contributed by atoms with Gasteiger partial charge in [0.2, 0.25) is 17.6 Å². The first-order valence-corrected chi connectivity index (χ1v) is 14.8. The van der Waals surface area contributed by atoms with E-state index in [0.29, 0.717) is 38.6 Å². The van der Waals surface area contributed by atoms with Crippen LogP contribution in [-0.4, -0.2) is 77.1 Å². The zero-order valence-corrected chi connectivity index (χ0v) is 25.5. The van der Waals surface area contributed by atoms with Gasteiger partial charge in [-0.05, 0) is 69.6 Å². The SMILES string of the molecule is C=CCC[C@H](NC(=O)[C@@H]1[C@@H]2[C@H](CN1C(=O)[C@@H](NC(=O)OC(C)(C)C)C1CCC(=O)CC1)C2(C)C)C(=O)C(=O)NCC=C. The van der Waals surface area contributed by atoms with Gasteiger partial charge in [0.25, 0.3) is 5.91 Å². The van der Waals surface area contributed by atoms with E-state index in [1.165, 1.54) is 11.0 Å². The Bertz CT molecular complexity index is 1110. The number of nitrogens with one attached hydrogen (secondary N) is 3. The lowest BCUT2D eigenvalue weighted by Gasteiger charge is -2.37. The summed E-state index contributed by atoms with van der Waals surface area (Å²) in [6.07, 6.45) is 4.36. The number of nitrogens with zero attached hydrogens (tertiary/aromatic N) is 1. The number of ketones is 2. The molecular formula is C31H46N4O7. The highest BCUT2D eigenvalue weighted by Gasteiger charge is 2.69. The lowest BCUT2D eigenvalue weighted by molar-refractivity contribution is -0.145. The molecule has 0 unspecified atom stereocenters. The van der Waals surface area contributed by atoms with Crippen molar-refractivity contribution < 1.29 is 33.5 Å². The number of amides is 4. The van der Waals surface area contributed by atoms with E-state index in [4.69, 9.17) is 4.74 Å². The lowest BCUT2D eigenvalue weighted by Crippen LogP contribution is -2.60. The summed E-state index contributed by atoms with van der Waals surface area (Å²) in [4.78, 5) is 79.7. The Labute approximate surface area is 248 Å². The Balaban J connectivity index is 1.86. The molecule has 0 radical (unpaired) electrons. The number of alkyl carbamates (subject to hydrolysis) is 1. The predicted molar refractivity (Wildman–Crippen MR) is 156 cm³/mol. The smallest absolute Gasteiger partial charge is 0.408 e. The van der Waals surface area contributed by atoms with Crippen molar-refractivity contribution in [1.29, 1.82) is 0 Å². The van der Waals surface area contributed by atoms with E-state index in [9.17, 15) is 28.8 Å². The van der Waals surface area contributed by atoms with Crippen LogP contribution in [0.2, 0.25) is 0 Å². The summed E-state index contributed by atoms with van der Waals surface area (Å²) in [7, 11) is 0. The molecule has 232 valence electrons. The van der Waals surface area contributed by atoms with Crippen LogP contribution >= 0.6 is 0 Å². The number of rotatable bonds is 12. The summed E-state index contributed by atoms with van der Waals surface area (Å²) >= 11 is 0. The van der Waals surface area contributed by atoms with Gasteiger partial charge < -0.3 is 25.6 Å². The van der Waals surface area contributed by atoms with E-state index in [0.717, 1.165) is 0 Å². The molecule has 1 aliphatic heterocycles. The molecule has 3 fully saturated rings. The second kappa shape index (κ2) is 13.2. The van der Waals surface area contributed by atoms with E-state index in [1.807, 2.05) is 13.8 Å². The second-order valence-corrected chi connectivity index (χ2v) is 13.2. The Kier molecular flexibility index (Phi) is 10.4. The number of hydrogen-bond acceptors (Lipinski definition) is 7. The summed E-state index contributed by atoms with van der Waals surface area (Å²) < 4.78 is 5.44. The van der Waals surface area contributed by atoms with Crippen LogP contribution in [0.4, 0.5) is 4.79 Å². The molecule has 2 aliphatic carbocycles. The van der Waals surface area contributed by atoms with Crippen LogP contribution in [0.3, 0.4) is 0 Å². The number of allylic oxidation sites excluding steroid dienone is 1. The van der Waals surface area contributed by atoms with Crippen molar-refractivity contribution >= 4 is 35.4 Å². The first-order chi connectivity index (χ1) is 19.6. The molecule has 42 heavy (non-hydrogen) atoms. The molecule has 3 aliphatic rings. The lowest BCUT2D eigenvalue weighted by atomic mass is 9.82. The molecule has 11 nitrogen and oxygen atoms in total. The van der Waals surface area contributed by atoms with Crippen molar-refractivity contribution in [1.82, 2.24) is 20.9 Å². The first-order valence-electron chi connectivity index (χ1n) is 14.8. The Morgan fingerprint density at radius 1 is 1.07 bits per heavy atom. The number of hydrogen-bond donors (Lipinski definition) is 3. The van der Waals surface area contributed by atoms with Crippen LogP contribution in [-0.2, 0) is 28.7 Å². The second-order valence-electron chi connectivity index (χ2n) is 13.2. The van der Waals surface area contributed by atoms with Gasteiger partial charge in [0.05, 0.1) is 6.04 Å². The normalized spacial score (nSPS) is 24.5. The van der Waals surface area contributed by atoms with Crippen LogP contribution in [0, 0.1) is 23.2 Å². The third-order valence-electron chi connectivity index (χ3n) is 8.68. The number of carbonyl (C=O) groups excluding carboxylic acids is 6. The molecular weight excluding hydrogens is 540 g/mol. The van der Waals surface area contributed by atoms with Crippen molar-refractivity contribution in [2.45, 2.75) is 96.9 Å². The standard InChI is InChI=1S/C31H46N4O7/c1-8-10-11-21(25(37)27(39)32-16-9-2)33-26(38)24-22-20(31(22,6)7)17-35(24)28(40)23(18-12-14-19(36)15-13-18)34-29(41)42-30(3,4)5/h8-9,18,20-24H,1-2,10-17H2,3-7H3,(H,32,39)(H,33,38)(H,34,41)/t20-,21-,22-,23-,24-/m0/s1. The van der Waals surface area contributed by atoms with Gasteiger partial charge in [-0.1, -0.05) is 26.0 Å². The maximum atomic E-state index is 14.2. The summed E-state index contributed by atoms with van der Waals surface area (Å²) in [5, 5.41) is 7.95. The molecule has 0 spiro atoms. The zero-order chi connectivity index (χ0) is 31.4. The molecule has 0 bridgehead atoms. The van der Waals surface area contributed by atoms with Crippen molar-refractivity contribution in [3.8, 4) is 0 Å². The molecule has 4 amide bonds. The quantitative estimate of drug-likeness (QED) is 0.235. The van der Waals surface area contributed by atoms with Gasteiger partial charge in [-0.3, -0.25) is 24.0 Å². The first kappa shape index (κ1) is 33.0. The van der Waals surface area contributed by atoms with E-state index in [1.54, 1.807) is 26.8 Å². The van der Waals surface area contributed by atoms with E-state index < -0.39 is 53.3 Å². The number of ether oxygens (including phenoxy) is 1. The zero-order valence-electron chi connectivity index (χ0n) is 25.5. The molecule has 5 atom stereocenters. The highest BCUT2D eigenvalue weighted by Crippen LogP contribution is 2.65. The number of fused-ring (bicyclic) bond motifs is 1. The van der Waals surface area contributed by atoms with Gasteiger partial charge in [0.15, 0.2) is 0 Å². The molecule has 0 aromatic carbocycles. The maximum absolute atomic E-state index is 14.2. The van der Waals surface area contributed by atoms with Gasteiger partial charge >= 0.3 is 6.09 Å². The summed E-state index contributed by atoms with van der Waals surface area (Å²) in [6, 6.07) is -2.97. The van der Waals surface area contributed by atoms with Gasteiger partial charge in [-0.25, -0.2) is 4.79 Å². The topological polar surface area (TPSA) is 151 Å². The molecule has 1 saturated heterocycles. The monoisotopic (exact) mass is 586 g/mol. The Morgan fingerprint density at radius 2 is 1.71 bits per heavy atom. The predicted octanol–water partition coefficient (Wildman–Crippen LogP) is 2.44. The third-order valence-corrected chi connectivity index (χ3v) is 8.68. The minimum absolute atomic E-state index is 0.0607. The molecule has 11 heteroatoms. The molecule has 2 saturated carbocycles. The average molecular weight is 587 g/mol. The fourth-order valence-corrected chi connectivity index (χ4v) is 6.32. The minimum Gasteiger partial charge on any atom is -0.444 e. The third kappa shape index (κ3) is 7.66. The number of carbonyl (C=O) groups is 6. The fraction of sp³-hybridized carbons (Fsp3) is 0.677.